The number of para-hydroxylation sites is 1. The number of hydrogen-bond donors (Lipinski definition) is 2. The number of carbonyl (C=O) groups is 3. The number of hydrogen-bond acceptors (Lipinski definition) is 4. The summed E-state index contributed by atoms with van der Waals surface area (Å²) in [4.78, 5) is 40.6. The molecule has 2 aromatic rings. The molecule has 0 radical (unpaired) electrons. The van der Waals surface area contributed by atoms with Crippen molar-refractivity contribution >= 4 is 17.8 Å². The molecule has 2 amide bonds. The molecule has 37 heavy (non-hydrogen) atoms. The molecule has 7 heteroatoms. The Bertz CT molecular complexity index is 1040. The zero-order chi connectivity index (χ0) is 26.8. The van der Waals surface area contributed by atoms with E-state index in [1.807, 2.05) is 75.4 Å². The van der Waals surface area contributed by atoms with Crippen LogP contribution in [0.25, 0.3) is 0 Å². The van der Waals surface area contributed by atoms with Gasteiger partial charge in [0.25, 0.3) is 0 Å². The van der Waals surface area contributed by atoms with Crippen LogP contribution in [0.3, 0.4) is 0 Å². The van der Waals surface area contributed by atoms with Crippen molar-refractivity contribution in [3.05, 3.63) is 60.2 Å². The standard InChI is InChI=1S/C30H40N2O5/c1-4-11-25(30(35)36)26(18-21(2)3)28(33)31-27-16-8-9-17-32(29(27)34)20-22-12-10-15-24(19-22)37-23-13-6-5-7-14-23/h5-7,10,12-15,19,21,25-27H,4,8-9,11,16-18,20H2,1-3H3,(H,31,33)(H,35,36)/t25-,26+,27-/m0/s1. The molecular weight excluding hydrogens is 468 g/mol. The van der Waals surface area contributed by atoms with Gasteiger partial charge in [-0.05, 0) is 67.9 Å². The van der Waals surface area contributed by atoms with Gasteiger partial charge in [0.15, 0.2) is 0 Å². The van der Waals surface area contributed by atoms with E-state index in [9.17, 15) is 19.5 Å². The minimum atomic E-state index is -0.950. The summed E-state index contributed by atoms with van der Waals surface area (Å²) in [6.07, 6.45) is 3.81. The molecule has 200 valence electrons. The molecule has 0 spiro atoms. The maximum atomic E-state index is 13.5. The Morgan fingerprint density at radius 2 is 1.78 bits per heavy atom. The van der Waals surface area contributed by atoms with Gasteiger partial charge in [0.2, 0.25) is 11.8 Å². The third kappa shape index (κ3) is 8.34. The second-order valence-corrected chi connectivity index (χ2v) is 10.3. The predicted octanol–water partition coefficient (Wildman–Crippen LogP) is 5.64. The summed E-state index contributed by atoms with van der Waals surface area (Å²) in [7, 11) is 0. The van der Waals surface area contributed by atoms with E-state index in [0.29, 0.717) is 44.5 Å². The molecule has 1 aliphatic heterocycles. The van der Waals surface area contributed by atoms with Gasteiger partial charge in [0, 0.05) is 13.1 Å². The molecule has 0 aliphatic carbocycles. The molecule has 3 atom stereocenters. The van der Waals surface area contributed by atoms with Crippen LogP contribution >= 0.6 is 0 Å². The zero-order valence-corrected chi connectivity index (χ0v) is 22.2. The number of carbonyl (C=O) groups excluding carboxylic acids is 2. The number of amides is 2. The molecular formula is C30H40N2O5. The largest absolute Gasteiger partial charge is 0.481 e. The van der Waals surface area contributed by atoms with Crippen LogP contribution in [-0.4, -0.2) is 40.4 Å². The Morgan fingerprint density at radius 1 is 1.05 bits per heavy atom. The van der Waals surface area contributed by atoms with Crippen LogP contribution in [0.5, 0.6) is 11.5 Å². The van der Waals surface area contributed by atoms with Crippen LogP contribution in [0.2, 0.25) is 0 Å². The average molecular weight is 509 g/mol. The fourth-order valence-electron chi connectivity index (χ4n) is 5.00. The highest BCUT2D eigenvalue weighted by Gasteiger charge is 2.36. The highest BCUT2D eigenvalue weighted by Crippen LogP contribution is 2.27. The average Bonchev–Trinajstić information content (AvgIpc) is 3.03. The lowest BCUT2D eigenvalue weighted by atomic mass is 9.82. The second kappa shape index (κ2) is 13.8. The first kappa shape index (κ1) is 28.2. The second-order valence-electron chi connectivity index (χ2n) is 10.3. The highest BCUT2D eigenvalue weighted by molar-refractivity contribution is 5.90. The highest BCUT2D eigenvalue weighted by atomic mass is 16.5. The summed E-state index contributed by atoms with van der Waals surface area (Å²) >= 11 is 0. The van der Waals surface area contributed by atoms with Crippen molar-refractivity contribution in [2.45, 2.75) is 71.9 Å². The smallest absolute Gasteiger partial charge is 0.307 e. The lowest BCUT2D eigenvalue weighted by Gasteiger charge is -2.29. The minimum absolute atomic E-state index is 0.120. The van der Waals surface area contributed by atoms with Crippen LogP contribution in [0.1, 0.15) is 64.9 Å². The third-order valence-corrected chi connectivity index (χ3v) is 6.81. The zero-order valence-electron chi connectivity index (χ0n) is 22.2. The van der Waals surface area contributed by atoms with Crippen LogP contribution in [0.4, 0.5) is 0 Å². The summed E-state index contributed by atoms with van der Waals surface area (Å²) in [6.45, 7) is 6.92. The van der Waals surface area contributed by atoms with E-state index >= 15 is 0 Å². The lowest BCUT2D eigenvalue weighted by Crippen LogP contribution is -2.50. The van der Waals surface area contributed by atoms with Gasteiger partial charge >= 0.3 is 5.97 Å². The Hall–Kier alpha value is -3.35. The van der Waals surface area contributed by atoms with Gasteiger partial charge < -0.3 is 20.1 Å². The summed E-state index contributed by atoms with van der Waals surface area (Å²) in [6, 6.07) is 16.6. The maximum absolute atomic E-state index is 13.5. The number of aliphatic carboxylic acids is 1. The fourth-order valence-corrected chi connectivity index (χ4v) is 5.00. The molecule has 2 N–H and O–H groups in total. The number of nitrogens with zero attached hydrogens (tertiary/aromatic N) is 1. The molecule has 1 saturated heterocycles. The first-order valence-corrected chi connectivity index (χ1v) is 13.4. The first-order chi connectivity index (χ1) is 17.8. The number of benzene rings is 2. The molecule has 0 saturated carbocycles. The van der Waals surface area contributed by atoms with Gasteiger partial charge in [0.05, 0.1) is 11.8 Å². The fraction of sp³-hybridized carbons (Fsp3) is 0.500. The SMILES string of the molecule is CCC[C@H](C(=O)O)[C@@H](CC(C)C)C(=O)N[C@H]1CCCCN(Cc2cccc(Oc3ccccc3)c2)C1=O. The number of carboxylic acids is 1. The van der Waals surface area contributed by atoms with E-state index in [1.54, 1.807) is 4.90 Å². The molecule has 1 aliphatic rings. The summed E-state index contributed by atoms with van der Waals surface area (Å²) in [5.74, 6) is -1.20. The summed E-state index contributed by atoms with van der Waals surface area (Å²) in [5, 5.41) is 12.7. The first-order valence-electron chi connectivity index (χ1n) is 13.4. The van der Waals surface area contributed by atoms with Crippen LogP contribution in [0, 0.1) is 17.8 Å². The topological polar surface area (TPSA) is 95.9 Å². The van der Waals surface area contributed by atoms with Crippen molar-refractivity contribution in [2.24, 2.45) is 17.8 Å². The van der Waals surface area contributed by atoms with E-state index in [0.717, 1.165) is 24.2 Å². The molecule has 1 fully saturated rings. The van der Waals surface area contributed by atoms with Crippen molar-refractivity contribution in [1.29, 1.82) is 0 Å². The normalized spacial score (nSPS) is 17.7. The van der Waals surface area contributed by atoms with Gasteiger partial charge in [-0.25, -0.2) is 0 Å². The number of likely N-dealkylation sites (tertiary alicyclic amines) is 1. The quantitative estimate of drug-likeness (QED) is 0.387. The van der Waals surface area contributed by atoms with Crippen molar-refractivity contribution in [1.82, 2.24) is 10.2 Å². The third-order valence-electron chi connectivity index (χ3n) is 6.81. The number of rotatable bonds is 12. The van der Waals surface area contributed by atoms with E-state index < -0.39 is 23.8 Å². The van der Waals surface area contributed by atoms with Gasteiger partial charge in [-0.15, -0.1) is 0 Å². The summed E-state index contributed by atoms with van der Waals surface area (Å²) < 4.78 is 5.94. The molecule has 1 heterocycles. The molecule has 0 aromatic heterocycles. The summed E-state index contributed by atoms with van der Waals surface area (Å²) in [5.41, 5.74) is 0.945. The van der Waals surface area contributed by atoms with Crippen molar-refractivity contribution in [3.8, 4) is 11.5 Å². The van der Waals surface area contributed by atoms with E-state index in [2.05, 4.69) is 5.32 Å². The number of nitrogens with one attached hydrogen (secondary N) is 1. The molecule has 0 unspecified atom stereocenters. The molecule has 2 aromatic carbocycles. The molecule has 0 bridgehead atoms. The molecule has 3 rings (SSSR count). The van der Waals surface area contributed by atoms with Gasteiger partial charge in [-0.2, -0.15) is 0 Å². The predicted molar refractivity (Wildman–Crippen MR) is 143 cm³/mol. The van der Waals surface area contributed by atoms with Crippen LogP contribution < -0.4 is 10.1 Å². The Morgan fingerprint density at radius 3 is 2.46 bits per heavy atom. The van der Waals surface area contributed by atoms with Gasteiger partial charge in [0.1, 0.15) is 17.5 Å². The molecule has 7 nitrogen and oxygen atoms in total. The lowest BCUT2D eigenvalue weighted by molar-refractivity contribution is -0.148. The Kier molecular flexibility index (Phi) is 10.5. The Labute approximate surface area is 220 Å². The van der Waals surface area contributed by atoms with Crippen LogP contribution in [0.15, 0.2) is 54.6 Å². The number of carboxylic acid groups (broad SMARTS) is 1. The van der Waals surface area contributed by atoms with Gasteiger partial charge in [-0.3, -0.25) is 14.4 Å². The maximum Gasteiger partial charge on any atom is 0.307 e. The van der Waals surface area contributed by atoms with Gasteiger partial charge in [-0.1, -0.05) is 57.5 Å². The van der Waals surface area contributed by atoms with Crippen molar-refractivity contribution in [2.75, 3.05) is 6.54 Å². The van der Waals surface area contributed by atoms with E-state index in [4.69, 9.17) is 4.74 Å². The monoisotopic (exact) mass is 508 g/mol. The number of ether oxygens (including phenoxy) is 1. The minimum Gasteiger partial charge on any atom is -0.481 e. The van der Waals surface area contributed by atoms with Crippen molar-refractivity contribution < 1.29 is 24.2 Å². The van der Waals surface area contributed by atoms with Crippen LogP contribution in [-0.2, 0) is 20.9 Å². The van der Waals surface area contributed by atoms with E-state index in [-0.39, 0.29) is 17.7 Å². The van der Waals surface area contributed by atoms with Crippen molar-refractivity contribution in [3.63, 3.8) is 0 Å². The Balaban J connectivity index is 1.71. The van der Waals surface area contributed by atoms with E-state index in [1.165, 1.54) is 0 Å².